The van der Waals surface area contributed by atoms with Crippen LogP contribution in [0.1, 0.15) is 30.0 Å². The Labute approximate surface area is 160 Å². The van der Waals surface area contributed by atoms with Crippen molar-refractivity contribution >= 4 is 11.9 Å². The Bertz CT molecular complexity index is 805. The molecule has 0 fully saturated rings. The molecule has 0 saturated heterocycles. The molecule has 2 N–H and O–H groups in total. The van der Waals surface area contributed by atoms with Crippen molar-refractivity contribution in [3.05, 3.63) is 89.5 Å². The summed E-state index contributed by atoms with van der Waals surface area (Å²) in [4.78, 5) is 4.18. The van der Waals surface area contributed by atoms with Crippen LogP contribution in [0.4, 0.5) is 4.39 Å². The van der Waals surface area contributed by atoms with E-state index in [0.29, 0.717) is 6.04 Å². The zero-order valence-electron chi connectivity index (χ0n) is 15.7. The molecule has 4 heteroatoms. The highest BCUT2D eigenvalue weighted by molar-refractivity contribution is 5.76. The number of hydrogen-bond donors (Lipinski definition) is 2. The summed E-state index contributed by atoms with van der Waals surface area (Å²) in [6.45, 7) is 3.17. The first-order valence-electron chi connectivity index (χ1n) is 9.42. The van der Waals surface area contributed by atoms with Crippen LogP contribution in [0.5, 0.6) is 0 Å². The standard InChI is InChI=1S/C23H26FN3/c1-18(27-13-2-3-19-6-10-23(24)11-7-19)15-20-4-8-21(9-5-20)22-12-14-25-17-26-16-22/h4-12,14,16-18,27H,2-3,13,15H2,1H3,(H,25,26). The van der Waals surface area contributed by atoms with Gasteiger partial charge in [-0.1, -0.05) is 36.4 Å². The van der Waals surface area contributed by atoms with E-state index in [1.165, 1.54) is 23.3 Å². The molecule has 1 aliphatic rings. The first-order chi connectivity index (χ1) is 13.2. The lowest BCUT2D eigenvalue weighted by Crippen LogP contribution is -2.29. The minimum absolute atomic E-state index is 0.174. The van der Waals surface area contributed by atoms with Crippen molar-refractivity contribution in [1.29, 1.82) is 0 Å². The normalized spacial score (nSPS) is 14.4. The van der Waals surface area contributed by atoms with Gasteiger partial charge in [0.1, 0.15) is 5.82 Å². The fourth-order valence-corrected chi connectivity index (χ4v) is 3.11. The first-order valence-corrected chi connectivity index (χ1v) is 9.42. The largest absolute Gasteiger partial charge is 0.353 e. The number of rotatable bonds is 8. The van der Waals surface area contributed by atoms with Crippen molar-refractivity contribution in [2.45, 2.75) is 32.2 Å². The molecule has 3 nitrogen and oxygen atoms in total. The van der Waals surface area contributed by atoms with E-state index in [9.17, 15) is 4.39 Å². The first kappa shape index (κ1) is 19.1. The number of hydrogen-bond acceptors (Lipinski definition) is 3. The van der Waals surface area contributed by atoms with Crippen LogP contribution in [0.3, 0.4) is 0 Å². The lowest BCUT2D eigenvalue weighted by atomic mass is 10.0. The second-order valence-electron chi connectivity index (χ2n) is 6.85. The van der Waals surface area contributed by atoms with Gasteiger partial charge in [-0.2, -0.15) is 0 Å². The molecule has 0 bridgehead atoms. The summed E-state index contributed by atoms with van der Waals surface area (Å²) in [5.41, 5.74) is 4.76. The summed E-state index contributed by atoms with van der Waals surface area (Å²) >= 11 is 0. The molecule has 2 aromatic carbocycles. The third-order valence-corrected chi connectivity index (χ3v) is 4.60. The van der Waals surface area contributed by atoms with Crippen molar-refractivity contribution in [1.82, 2.24) is 10.6 Å². The van der Waals surface area contributed by atoms with Gasteiger partial charge in [0.25, 0.3) is 0 Å². The number of nitrogens with one attached hydrogen (secondary N) is 2. The van der Waals surface area contributed by atoms with E-state index in [0.717, 1.165) is 36.9 Å². The molecular weight excluding hydrogens is 337 g/mol. The number of allylic oxidation sites excluding steroid dienone is 2. The van der Waals surface area contributed by atoms with Gasteiger partial charge in [0.05, 0.1) is 6.34 Å². The van der Waals surface area contributed by atoms with Crippen LogP contribution in [-0.2, 0) is 12.8 Å². The molecule has 1 aliphatic heterocycles. The van der Waals surface area contributed by atoms with Crippen LogP contribution < -0.4 is 10.6 Å². The fourth-order valence-electron chi connectivity index (χ4n) is 3.11. The molecule has 0 aliphatic carbocycles. The third kappa shape index (κ3) is 6.19. The van der Waals surface area contributed by atoms with E-state index in [2.05, 4.69) is 46.8 Å². The van der Waals surface area contributed by atoms with Crippen molar-refractivity contribution < 1.29 is 4.39 Å². The van der Waals surface area contributed by atoms with Crippen molar-refractivity contribution in [3.63, 3.8) is 0 Å². The van der Waals surface area contributed by atoms with Crippen molar-refractivity contribution in [3.8, 4) is 0 Å². The van der Waals surface area contributed by atoms with Crippen LogP contribution in [-0.4, -0.2) is 18.9 Å². The van der Waals surface area contributed by atoms with Crippen molar-refractivity contribution in [2.75, 3.05) is 6.54 Å². The maximum Gasteiger partial charge on any atom is 0.123 e. The molecule has 1 unspecified atom stereocenters. The Morgan fingerprint density at radius 3 is 2.56 bits per heavy atom. The Morgan fingerprint density at radius 2 is 1.78 bits per heavy atom. The Kier molecular flexibility index (Phi) is 6.94. The van der Waals surface area contributed by atoms with E-state index >= 15 is 0 Å². The van der Waals surface area contributed by atoms with Crippen LogP contribution in [0.15, 0.2) is 72.0 Å². The molecule has 1 atom stereocenters. The van der Waals surface area contributed by atoms with E-state index < -0.39 is 0 Å². The molecule has 140 valence electrons. The van der Waals surface area contributed by atoms with Crippen molar-refractivity contribution in [2.24, 2.45) is 4.99 Å². The summed E-state index contributed by atoms with van der Waals surface area (Å²) in [6, 6.07) is 15.8. The Balaban J connectivity index is 1.42. The topological polar surface area (TPSA) is 36.4 Å². The number of aliphatic imine (C=N–C) groups is 1. The van der Waals surface area contributed by atoms with Crippen LogP contribution in [0.2, 0.25) is 0 Å². The maximum atomic E-state index is 12.9. The highest BCUT2D eigenvalue weighted by Crippen LogP contribution is 2.18. The van der Waals surface area contributed by atoms with Crippen LogP contribution >= 0.6 is 0 Å². The minimum Gasteiger partial charge on any atom is -0.353 e. The average Bonchev–Trinajstić information content (AvgIpc) is 2.97. The Morgan fingerprint density at radius 1 is 1.04 bits per heavy atom. The predicted octanol–water partition coefficient (Wildman–Crippen LogP) is 4.47. The van der Waals surface area contributed by atoms with Crippen LogP contribution in [0.25, 0.3) is 5.57 Å². The summed E-state index contributed by atoms with van der Waals surface area (Å²) in [5.74, 6) is -0.174. The lowest BCUT2D eigenvalue weighted by molar-refractivity contribution is 0.534. The highest BCUT2D eigenvalue weighted by atomic mass is 19.1. The van der Waals surface area contributed by atoms with E-state index in [-0.39, 0.29) is 5.82 Å². The molecule has 0 spiro atoms. The van der Waals surface area contributed by atoms with E-state index in [1.807, 2.05) is 30.6 Å². The zero-order chi connectivity index (χ0) is 18.9. The van der Waals surface area contributed by atoms with Gasteiger partial charge in [-0.05, 0) is 67.6 Å². The fraction of sp³-hybridized carbons (Fsp3) is 0.261. The molecule has 2 aromatic rings. The predicted molar refractivity (Wildman–Crippen MR) is 111 cm³/mol. The quantitative estimate of drug-likeness (QED) is 0.679. The van der Waals surface area contributed by atoms with Crippen LogP contribution in [0, 0.1) is 5.82 Å². The Hall–Kier alpha value is -2.72. The molecular formula is C23H26FN3. The van der Waals surface area contributed by atoms with Gasteiger partial charge in [-0.3, -0.25) is 0 Å². The average molecular weight is 363 g/mol. The summed E-state index contributed by atoms with van der Waals surface area (Å²) in [7, 11) is 0. The molecule has 0 amide bonds. The maximum absolute atomic E-state index is 12.9. The molecule has 0 saturated carbocycles. The van der Waals surface area contributed by atoms with Gasteiger partial charge in [0.2, 0.25) is 0 Å². The molecule has 0 aromatic heterocycles. The summed E-state index contributed by atoms with van der Waals surface area (Å²) in [6.07, 6.45) is 10.4. The van der Waals surface area contributed by atoms with Gasteiger partial charge in [0.15, 0.2) is 0 Å². The molecule has 27 heavy (non-hydrogen) atoms. The summed E-state index contributed by atoms with van der Waals surface area (Å²) < 4.78 is 12.9. The number of nitrogens with zero attached hydrogens (tertiary/aromatic N) is 1. The monoisotopic (exact) mass is 363 g/mol. The lowest BCUT2D eigenvalue weighted by Gasteiger charge is -2.14. The van der Waals surface area contributed by atoms with Gasteiger partial charge in [0, 0.05) is 24.0 Å². The van der Waals surface area contributed by atoms with E-state index in [1.54, 1.807) is 6.34 Å². The number of benzene rings is 2. The third-order valence-electron chi connectivity index (χ3n) is 4.60. The van der Waals surface area contributed by atoms with E-state index in [4.69, 9.17) is 0 Å². The molecule has 3 rings (SSSR count). The number of halogens is 1. The smallest absolute Gasteiger partial charge is 0.123 e. The molecule has 1 heterocycles. The van der Waals surface area contributed by atoms with Gasteiger partial charge < -0.3 is 10.6 Å². The van der Waals surface area contributed by atoms with Gasteiger partial charge >= 0.3 is 0 Å². The number of aryl methyl sites for hydroxylation is 1. The highest BCUT2D eigenvalue weighted by Gasteiger charge is 2.05. The second-order valence-corrected chi connectivity index (χ2v) is 6.85. The minimum atomic E-state index is -0.174. The summed E-state index contributed by atoms with van der Waals surface area (Å²) in [5, 5.41) is 6.55. The zero-order valence-corrected chi connectivity index (χ0v) is 15.7. The molecule has 0 radical (unpaired) electrons. The van der Waals surface area contributed by atoms with Gasteiger partial charge in [-0.15, -0.1) is 0 Å². The SMILES string of the molecule is CC(Cc1ccc(C2=CN=CNC=C2)cc1)NCCCc1ccc(F)cc1. The van der Waals surface area contributed by atoms with Gasteiger partial charge in [-0.25, -0.2) is 9.38 Å². The second kappa shape index (κ2) is 9.83.